The maximum atomic E-state index is 13.2. The number of nitrogens with one attached hydrogen (secondary N) is 1. The molecule has 2 amide bonds. The minimum absolute atomic E-state index is 0.0644. The molecule has 0 bridgehead atoms. The predicted molar refractivity (Wildman–Crippen MR) is 131 cm³/mol. The van der Waals surface area contributed by atoms with Gasteiger partial charge in [0, 0.05) is 24.3 Å². The molecule has 0 unspecified atom stereocenters. The summed E-state index contributed by atoms with van der Waals surface area (Å²) < 4.78 is 50.9. The monoisotopic (exact) mass is 558 g/mol. The Morgan fingerprint density at radius 3 is 2.31 bits per heavy atom. The lowest BCUT2D eigenvalue weighted by Gasteiger charge is -2.18. The third-order valence-electron chi connectivity index (χ3n) is 5.89. The van der Waals surface area contributed by atoms with E-state index < -0.39 is 45.5 Å². The van der Waals surface area contributed by atoms with Crippen molar-refractivity contribution in [2.75, 3.05) is 17.3 Å². The minimum Gasteiger partial charge on any atom is -0.326 e. The van der Waals surface area contributed by atoms with Crippen molar-refractivity contribution in [3.63, 3.8) is 0 Å². The van der Waals surface area contributed by atoms with Crippen molar-refractivity contribution in [3.05, 3.63) is 94.3 Å². The summed E-state index contributed by atoms with van der Waals surface area (Å²) in [4.78, 5) is 27.2. The van der Waals surface area contributed by atoms with Crippen LogP contribution in [0.2, 0.25) is 5.02 Å². The van der Waals surface area contributed by atoms with Crippen molar-refractivity contribution in [1.29, 1.82) is 0 Å². The molecule has 0 aliphatic heterocycles. The van der Waals surface area contributed by atoms with Crippen LogP contribution in [0.1, 0.15) is 27.4 Å². The highest BCUT2D eigenvalue weighted by atomic mass is 35.5. The molecule has 11 heteroatoms. The normalized spacial score (nSPS) is 18.4. The fourth-order valence-electron chi connectivity index (χ4n) is 3.93. The molecule has 1 fully saturated rings. The molecule has 3 aromatic rings. The zero-order valence-corrected chi connectivity index (χ0v) is 20.7. The van der Waals surface area contributed by atoms with E-state index in [1.165, 1.54) is 66.5 Å². The average Bonchev–Trinajstić information content (AvgIpc) is 3.41. The van der Waals surface area contributed by atoms with Crippen molar-refractivity contribution in [2.45, 2.75) is 16.4 Å². The number of alkyl halides is 5. The van der Waals surface area contributed by atoms with E-state index in [4.69, 9.17) is 34.8 Å². The molecule has 0 radical (unpaired) electrons. The molecule has 36 heavy (non-hydrogen) atoms. The second-order valence-electron chi connectivity index (χ2n) is 8.28. The highest BCUT2D eigenvalue weighted by Gasteiger charge is 2.67. The van der Waals surface area contributed by atoms with Crippen LogP contribution in [0.5, 0.6) is 0 Å². The smallest absolute Gasteiger partial charge is 0.326 e. The Balaban J connectivity index is 1.53. The van der Waals surface area contributed by atoms with E-state index in [9.17, 15) is 27.2 Å². The Bertz CT molecular complexity index is 1330. The minimum atomic E-state index is -4.56. The summed E-state index contributed by atoms with van der Waals surface area (Å²) in [6.45, 7) is 0. The molecule has 0 spiro atoms. The molecule has 4 nitrogen and oxygen atoms in total. The molecule has 2 atom stereocenters. The van der Waals surface area contributed by atoms with Crippen molar-refractivity contribution in [1.82, 2.24) is 0 Å². The third kappa shape index (κ3) is 5.16. The summed E-state index contributed by atoms with van der Waals surface area (Å²) in [5.41, 5.74) is 0.000629. The Kier molecular flexibility index (Phi) is 6.98. The zero-order valence-electron chi connectivity index (χ0n) is 18.4. The van der Waals surface area contributed by atoms with E-state index in [1.807, 2.05) is 0 Å². The maximum absolute atomic E-state index is 13.2. The Hall–Kier alpha value is -2.81. The molecular formula is C25H17Cl3F4N2O2. The topological polar surface area (TPSA) is 49.4 Å². The SMILES string of the molecule is CN(C(=O)c1cc(NC(=O)[C@H]2[C@H](c3cccc(C(F)(F)F)c3)C2(Cl)Cl)ccc1Cl)c1ccc(F)cc1. The molecule has 1 aliphatic rings. The second kappa shape index (κ2) is 9.57. The van der Waals surface area contributed by atoms with E-state index in [2.05, 4.69) is 5.32 Å². The summed E-state index contributed by atoms with van der Waals surface area (Å²) in [7, 11) is 1.48. The van der Waals surface area contributed by atoms with Gasteiger partial charge in [-0.15, -0.1) is 23.2 Å². The number of carbonyl (C=O) groups is 2. The summed E-state index contributed by atoms with van der Waals surface area (Å²) in [6.07, 6.45) is -4.56. The van der Waals surface area contributed by atoms with Crippen LogP contribution in [0.15, 0.2) is 66.7 Å². The maximum Gasteiger partial charge on any atom is 0.416 e. The lowest BCUT2D eigenvalue weighted by Crippen LogP contribution is -2.26. The molecule has 1 N–H and O–H groups in total. The summed E-state index contributed by atoms with van der Waals surface area (Å²) in [5.74, 6) is -3.49. The quantitative estimate of drug-likeness (QED) is 0.263. The largest absolute Gasteiger partial charge is 0.416 e. The fourth-order valence-corrected chi connectivity index (χ4v) is 4.95. The molecular weight excluding hydrogens is 543 g/mol. The van der Waals surface area contributed by atoms with Crippen LogP contribution >= 0.6 is 34.8 Å². The summed E-state index contributed by atoms with van der Waals surface area (Å²) in [5, 5.41) is 2.72. The van der Waals surface area contributed by atoms with Crippen LogP contribution < -0.4 is 10.2 Å². The van der Waals surface area contributed by atoms with Crippen molar-refractivity contribution < 1.29 is 27.2 Å². The van der Waals surface area contributed by atoms with Crippen LogP contribution in [0, 0.1) is 11.7 Å². The first-order chi connectivity index (χ1) is 16.8. The lowest BCUT2D eigenvalue weighted by atomic mass is 10.1. The average molecular weight is 560 g/mol. The van der Waals surface area contributed by atoms with E-state index in [1.54, 1.807) is 0 Å². The first kappa shape index (κ1) is 26.3. The number of anilines is 2. The standard InChI is InChI=1S/C25H17Cl3F4N2O2/c1-34(17-8-5-15(29)6-9-17)23(36)18-12-16(7-10-19(18)26)33-22(35)21-20(24(21,27)28)13-3-2-4-14(11-13)25(30,31)32/h2-12,20-21H,1H3,(H,33,35)/t20-,21+/m0/s1. The Labute approximate surface area is 218 Å². The van der Waals surface area contributed by atoms with Crippen LogP contribution in [0.25, 0.3) is 0 Å². The highest BCUT2D eigenvalue weighted by molar-refractivity contribution is 6.53. The predicted octanol–water partition coefficient (Wildman–Crippen LogP) is 7.30. The molecule has 3 aromatic carbocycles. The van der Waals surface area contributed by atoms with E-state index >= 15 is 0 Å². The van der Waals surface area contributed by atoms with Gasteiger partial charge in [-0.3, -0.25) is 9.59 Å². The first-order valence-electron chi connectivity index (χ1n) is 10.5. The van der Waals surface area contributed by atoms with E-state index in [0.717, 1.165) is 12.1 Å². The van der Waals surface area contributed by atoms with Gasteiger partial charge in [0.1, 0.15) is 10.2 Å². The van der Waals surface area contributed by atoms with Gasteiger partial charge in [0.15, 0.2) is 0 Å². The number of amides is 2. The molecule has 1 aliphatic carbocycles. The molecule has 188 valence electrons. The lowest BCUT2D eigenvalue weighted by molar-refractivity contribution is -0.137. The number of benzene rings is 3. The summed E-state index contributed by atoms with van der Waals surface area (Å²) in [6, 6.07) is 14.0. The van der Waals surface area contributed by atoms with Crippen LogP contribution in [0.3, 0.4) is 0 Å². The van der Waals surface area contributed by atoms with Crippen molar-refractivity contribution >= 4 is 58.0 Å². The Morgan fingerprint density at radius 1 is 1.00 bits per heavy atom. The van der Waals surface area contributed by atoms with Gasteiger partial charge >= 0.3 is 6.18 Å². The van der Waals surface area contributed by atoms with Crippen LogP contribution in [-0.4, -0.2) is 23.2 Å². The van der Waals surface area contributed by atoms with Gasteiger partial charge in [-0.05, 0) is 54.1 Å². The van der Waals surface area contributed by atoms with Crippen molar-refractivity contribution in [3.8, 4) is 0 Å². The van der Waals surface area contributed by atoms with E-state index in [0.29, 0.717) is 5.69 Å². The van der Waals surface area contributed by atoms with Gasteiger partial charge in [-0.25, -0.2) is 4.39 Å². The van der Waals surface area contributed by atoms with Gasteiger partial charge in [0.2, 0.25) is 5.91 Å². The number of hydrogen-bond donors (Lipinski definition) is 1. The van der Waals surface area contributed by atoms with Gasteiger partial charge in [-0.1, -0.05) is 29.8 Å². The number of rotatable bonds is 5. The summed E-state index contributed by atoms with van der Waals surface area (Å²) >= 11 is 18.8. The number of carbonyl (C=O) groups excluding carboxylic acids is 2. The second-order valence-corrected chi connectivity index (χ2v) is 10.1. The molecule has 4 rings (SSSR count). The van der Waals surface area contributed by atoms with Gasteiger partial charge in [0.05, 0.1) is 22.1 Å². The van der Waals surface area contributed by atoms with Gasteiger partial charge < -0.3 is 10.2 Å². The fraction of sp³-hybridized carbons (Fsp3) is 0.200. The number of halogens is 7. The van der Waals surface area contributed by atoms with Crippen molar-refractivity contribution in [2.24, 2.45) is 5.92 Å². The molecule has 0 heterocycles. The van der Waals surface area contributed by atoms with Crippen LogP contribution in [-0.2, 0) is 11.0 Å². The molecule has 1 saturated carbocycles. The highest BCUT2D eigenvalue weighted by Crippen LogP contribution is 2.65. The molecule has 0 aromatic heterocycles. The zero-order chi connectivity index (χ0) is 26.4. The van der Waals surface area contributed by atoms with Gasteiger partial charge in [-0.2, -0.15) is 13.2 Å². The third-order valence-corrected chi connectivity index (χ3v) is 7.16. The number of nitrogens with zero attached hydrogens (tertiary/aromatic N) is 1. The van der Waals surface area contributed by atoms with Crippen LogP contribution in [0.4, 0.5) is 28.9 Å². The number of hydrogen-bond acceptors (Lipinski definition) is 2. The Morgan fingerprint density at radius 2 is 1.67 bits per heavy atom. The van der Waals surface area contributed by atoms with Gasteiger partial charge in [0.25, 0.3) is 5.91 Å². The first-order valence-corrected chi connectivity index (χ1v) is 11.6. The van der Waals surface area contributed by atoms with E-state index in [-0.39, 0.29) is 21.8 Å². The molecule has 0 saturated heterocycles.